The van der Waals surface area contributed by atoms with E-state index in [1.54, 1.807) is 32.0 Å². The van der Waals surface area contributed by atoms with Crippen LogP contribution in [0.4, 0.5) is 11.4 Å². The van der Waals surface area contributed by atoms with Crippen LogP contribution in [-0.2, 0) is 9.59 Å². The van der Waals surface area contributed by atoms with Crippen molar-refractivity contribution >= 4 is 29.5 Å². The fourth-order valence-corrected chi connectivity index (χ4v) is 2.92. The summed E-state index contributed by atoms with van der Waals surface area (Å²) in [5.41, 5.74) is 2.45. The molecule has 0 radical (unpaired) electrons. The predicted molar refractivity (Wildman–Crippen MR) is 98.7 cm³/mol. The number of aldehydes is 1. The third-order valence-corrected chi connectivity index (χ3v) is 4.44. The summed E-state index contributed by atoms with van der Waals surface area (Å²) in [5.74, 6) is -0.171. The second-order valence-electron chi connectivity index (χ2n) is 6.29. The van der Waals surface area contributed by atoms with Crippen LogP contribution in [0.1, 0.15) is 29.8 Å². The predicted octanol–water partition coefficient (Wildman–Crippen LogP) is 2.95. The normalized spacial score (nSPS) is 17.1. The van der Waals surface area contributed by atoms with E-state index in [2.05, 4.69) is 5.32 Å². The molecule has 2 atom stereocenters. The van der Waals surface area contributed by atoms with Gasteiger partial charge < -0.3 is 10.1 Å². The summed E-state index contributed by atoms with van der Waals surface area (Å²) < 4.78 is 5.60. The number of amides is 2. The molecule has 2 aromatic rings. The molecule has 6 nitrogen and oxygen atoms in total. The maximum atomic E-state index is 12.8. The van der Waals surface area contributed by atoms with E-state index in [9.17, 15) is 14.4 Å². The molecular formula is C20H20N2O4. The van der Waals surface area contributed by atoms with Crippen LogP contribution in [0.2, 0.25) is 0 Å². The van der Waals surface area contributed by atoms with Crippen molar-refractivity contribution in [2.75, 3.05) is 10.2 Å². The molecule has 0 saturated carbocycles. The third-order valence-electron chi connectivity index (χ3n) is 4.44. The number of benzene rings is 2. The summed E-state index contributed by atoms with van der Waals surface area (Å²) in [7, 11) is 0. The number of hydrogen-bond donors (Lipinski definition) is 1. The topological polar surface area (TPSA) is 75.7 Å². The van der Waals surface area contributed by atoms with Crippen LogP contribution in [0, 0.1) is 6.92 Å². The van der Waals surface area contributed by atoms with Gasteiger partial charge in [-0.2, -0.15) is 0 Å². The molecule has 1 aliphatic heterocycles. The van der Waals surface area contributed by atoms with Gasteiger partial charge in [0.2, 0.25) is 5.91 Å². The van der Waals surface area contributed by atoms with Crippen LogP contribution in [0.3, 0.4) is 0 Å². The number of carbonyl (C=O) groups is 3. The van der Waals surface area contributed by atoms with Crippen LogP contribution >= 0.6 is 0 Å². The summed E-state index contributed by atoms with van der Waals surface area (Å²) >= 11 is 0. The Morgan fingerprint density at radius 2 is 2.00 bits per heavy atom. The first kappa shape index (κ1) is 17.7. The number of nitrogens with zero attached hydrogens (tertiary/aromatic N) is 1. The van der Waals surface area contributed by atoms with Gasteiger partial charge in [-0.1, -0.05) is 18.2 Å². The molecule has 2 unspecified atom stereocenters. The first-order valence-corrected chi connectivity index (χ1v) is 8.38. The van der Waals surface area contributed by atoms with Crippen molar-refractivity contribution in [2.45, 2.75) is 32.9 Å². The Morgan fingerprint density at radius 3 is 2.69 bits per heavy atom. The Kier molecular flexibility index (Phi) is 4.75. The van der Waals surface area contributed by atoms with E-state index >= 15 is 0 Å². The van der Waals surface area contributed by atoms with Gasteiger partial charge in [-0.25, -0.2) is 0 Å². The summed E-state index contributed by atoms with van der Waals surface area (Å²) in [5, 5.41) is 2.86. The van der Waals surface area contributed by atoms with E-state index in [1.807, 2.05) is 31.2 Å². The lowest BCUT2D eigenvalue weighted by atomic mass is 10.1. The minimum atomic E-state index is -0.769. The Bertz CT molecular complexity index is 878. The van der Waals surface area contributed by atoms with Gasteiger partial charge >= 0.3 is 0 Å². The molecule has 0 fully saturated rings. The lowest BCUT2D eigenvalue weighted by Crippen LogP contribution is -2.52. The van der Waals surface area contributed by atoms with Crippen molar-refractivity contribution in [3.63, 3.8) is 0 Å². The molecule has 1 aliphatic rings. The van der Waals surface area contributed by atoms with Crippen molar-refractivity contribution in [2.24, 2.45) is 0 Å². The molecule has 3 rings (SSSR count). The average molecular weight is 352 g/mol. The highest BCUT2D eigenvalue weighted by Crippen LogP contribution is 2.36. The van der Waals surface area contributed by atoms with Crippen molar-refractivity contribution in [1.82, 2.24) is 0 Å². The fourth-order valence-electron chi connectivity index (χ4n) is 2.92. The number of hydrogen-bond acceptors (Lipinski definition) is 4. The standard InChI is InChI=1S/C20H20N2O4/c1-12-6-4-5-7-16(12)21-19(24)13(2)22-17-10-15(11-23)8-9-18(17)26-14(3)20(22)25/h4-11,13-14H,1-3H3,(H,21,24). The zero-order valence-electron chi connectivity index (χ0n) is 14.9. The molecule has 0 saturated heterocycles. The molecule has 2 aromatic carbocycles. The van der Waals surface area contributed by atoms with Crippen molar-refractivity contribution in [3.8, 4) is 5.75 Å². The van der Waals surface area contributed by atoms with Crippen LogP contribution in [0.25, 0.3) is 0 Å². The van der Waals surface area contributed by atoms with Gasteiger partial charge in [-0.3, -0.25) is 19.3 Å². The Hall–Kier alpha value is -3.15. The van der Waals surface area contributed by atoms with Gasteiger partial charge in [0, 0.05) is 11.3 Å². The van der Waals surface area contributed by atoms with E-state index in [0.717, 1.165) is 5.56 Å². The number of para-hydroxylation sites is 1. The maximum Gasteiger partial charge on any atom is 0.268 e. The summed E-state index contributed by atoms with van der Waals surface area (Å²) in [6.07, 6.45) is -0.0164. The second-order valence-corrected chi connectivity index (χ2v) is 6.29. The number of anilines is 2. The number of carbonyl (C=O) groups excluding carboxylic acids is 3. The van der Waals surface area contributed by atoms with Gasteiger partial charge in [-0.05, 0) is 50.6 Å². The number of ether oxygens (including phenoxy) is 1. The second kappa shape index (κ2) is 7.00. The third kappa shape index (κ3) is 3.18. The monoisotopic (exact) mass is 352 g/mol. The molecule has 1 N–H and O–H groups in total. The molecule has 2 amide bonds. The Morgan fingerprint density at radius 1 is 1.27 bits per heavy atom. The molecule has 0 aromatic heterocycles. The summed E-state index contributed by atoms with van der Waals surface area (Å²) in [6.45, 7) is 5.19. The maximum absolute atomic E-state index is 12.8. The van der Waals surface area contributed by atoms with Crippen molar-refractivity contribution < 1.29 is 19.1 Å². The lowest BCUT2D eigenvalue weighted by molar-refractivity contribution is -0.128. The molecule has 0 spiro atoms. The van der Waals surface area contributed by atoms with E-state index in [1.165, 1.54) is 4.90 Å². The van der Waals surface area contributed by atoms with Gasteiger partial charge in [0.05, 0.1) is 5.69 Å². The van der Waals surface area contributed by atoms with Crippen LogP contribution in [0.5, 0.6) is 5.75 Å². The zero-order chi connectivity index (χ0) is 18.8. The van der Waals surface area contributed by atoms with Crippen molar-refractivity contribution in [1.29, 1.82) is 0 Å². The Balaban J connectivity index is 1.94. The number of fused-ring (bicyclic) bond motifs is 1. The van der Waals surface area contributed by atoms with E-state index < -0.39 is 12.1 Å². The molecule has 6 heteroatoms. The molecule has 0 bridgehead atoms. The minimum Gasteiger partial charge on any atom is -0.479 e. The highest BCUT2D eigenvalue weighted by atomic mass is 16.5. The molecule has 0 aliphatic carbocycles. The van der Waals surface area contributed by atoms with Gasteiger partial charge in [0.1, 0.15) is 18.1 Å². The molecule has 134 valence electrons. The smallest absolute Gasteiger partial charge is 0.268 e. The van der Waals surface area contributed by atoms with Gasteiger partial charge in [0.15, 0.2) is 6.10 Å². The summed E-state index contributed by atoms with van der Waals surface area (Å²) in [6, 6.07) is 11.5. The lowest BCUT2D eigenvalue weighted by Gasteiger charge is -2.36. The van der Waals surface area contributed by atoms with Crippen LogP contribution in [-0.4, -0.2) is 30.2 Å². The first-order chi connectivity index (χ1) is 12.4. The molecule has 1 heterocycles. The quantitative estimate of drug-likeness (QED) is 0.859. The minimum absolute atomic E-state index is 0.316. The number of aryl methyl sites for hydroxylation is 1. The first-order valence-electron chi connectivity index (χ1n) is 8.38. The fraction of sp³-hybridized carbons (Fsp3) is 0.250. The number of nitrogens with one attached hydrogen (secondary N) is 1. The highest BCUT2D eigenvalue weighted by molar-refractivity contribution is 6.08. The molecular weight excluding hydrogens is 332 g/mol. The van der Waals surface area contributed by atoms with Gasteiger partial charge in [0.25, 0.3) is 5.91 Å². The largest absolute Gasteiger partial charge is 0.479 e. The van der Waals surface area contributed by atoms with Gasteiger partial charge in [-0.15, -0.1) is 0 Å². The van der Waals surface area contributed by atoms with Crippen LogP contribution in [0.15, 0.2) is 42.5 Å². The summed E-state index contributed by atoms with van der Waals surface area (Å²) in [4.78, 5) is 37.9. The number of rotatable bonds is 4. The van der Waals surface area contributed by atoms with Crippen molar-refractivity contribution in [3.05, 3.63) is 53.6 Å². The Labute approximate surface area is 151 Å². The van der Waals surface area contributed by atoms with E-state index in [4.69, 9.17) is 4.74 Å². The van der Waals surface area contributed by atoms with E-state index in [0.29, 0.717) is 29.0 Å². The zero-order valence-corrected chi connectivity index (χ0v) is 14.9. The highest BCUT2D eigenvalue weighted by Gasteiger charge is 2.37. The molecule has 26 heavy (non-hydrogen) atoms. The van der Waals surface area contributed by atoms with E-state index in [-0.39, 0.29) is 11.8 Å². The average Bonchev–Trinajstić information content (AvgIpc) is 2.64. The van der Waals surface area contributed by atoms with Crippen LogP contribution < -0.4 is 15.0 Å². The SMILES string of the molecule is Cc1ccccc1NC(=O)C(C)N1C(=O)C(C)Oc2ccc(C=O)cc21.